The van der Waals surface area contributed by atoms with Crippen molar-refractivity contribution in [3.8, 4) is 0 Å². The van der Waals surface area contributed by atoms with Crippen LogP contribution in [0.5, 0.6) is 0 Å². The number of carbonyl (C=O) groups is 1. The van der Waals surface area contributed by atoms with E-state index in [4.69, 9.17) is 0 Å². The third-order valence-electron chi connectivity index (χ3n) is 3.30. The first-order valence-corrected chi connectivity index (χ1v) is 6.46. The highest BCUT2D eigenvalue weighted by Gasteiger charge is 2.09. The molecule has 0 aliphatic rings. The summed E-state index contributed by atoms with van der Waals surface area (Å²) < 4.78 is 1.42. The predicted molar refractivity (Wildman–Crippen MR) is 81.4 cm³/mol. The van der Waals surface area contributed by atoms with Crippen LogP contribution in [0.1, 0.15) is 10.4 Å². The van der Waals surface area contributed by atoms with Gasteiger partial charge in [-0.2, -0.15) is 0 Å². The molecule has 0 aliphatic heterocycles. The van der Waals surface area contributed by atoms with E-state index < -0.39 is 0 Å². The maximum atomic E-state index is 12.2. The highest BCUT2D eigenvalue weighted by molar-refractivity contribution is 6.08. The van der Waals surface area contributed by atoms with Gasteiger partial charge in [0.25, 0.3) is 11.5 Å². The van der Waals surface area contributed by atoms with Crippen LogP contribution in [-0.4, -0.2) is 15.5 Å². The van der Waals surface area contributed by atoms with Crippen LogP contribution in [0.15, 0.2) is 59.8 Å². The Kier molecular flexibility index (Phi) is 3.23. The van der Waals surface area contributed by atoms with Crippen LogP contribution in [0, 0.1) is 0 Å². The van der Waals surface area contributed by atoms with Crippen LogP contribution in [-0.2, 0) is 7.05 Å². The number of pyridine rings is 2. The lowest BCUT2D eigenvalue weighted by molar-refractivity contribution is 0.102. The number of amides is 1. The van der Waals surface area contributed by atoms with Gasteiger partial charge in [0.2, 0.25) is 0 Å². The fraction of sp³-hybridized carbons (Fsp3) is 0.0625. The van der Waals surface area contributed by atoms with Crippen molar-refractivity contribution in [2.24, 2.45) is 7.05 Å². The van der Waals surface area contributed by atoms with Crippen LogP contribution >= 0.6 is 0 Å². The predicted octanol–water partition coefficient (Wildman–Crippen LogP) is 2.19. The molecule has 0 aliphatic carbocycles. The van der Waals surface area contributed by atoms with E-state index in [1.807, 2.05) is 24.3 Å². The van der Waals surface area contributed by atoms with Gasteiger partial charge in [0.1, 0.15) is 0 Å². The van der Waals surface area contributed by atoms with Crippen molar-refractivity contribution in [3.63, 3.8) is 0 Å². The lowest BCUT2D eigenvalue weighted by Crippen LogP contribution is -2.20. The summed E-state index contributed by atoms with van der Waals surface area (Å²) in [6.07, 6.45) is 4.98. The quantitative estimate of drug-likeness (QED) is 0.782. The Hall–Kier alpha value is -2.95. The Morgan fingerprint density at radius 3 is 2.90 bits per heavy atom. The van der Waals surface area contributed by atoms with E-state index >= 15 is 0 Å². The molecule has 1 amide bonds. The Labute approximate surface area is 120 Å². The molecule has 2 aromatic heterocycles. The lowest BCUT2D eigenvalue weighted by Gasteiger charge is -2.08. The van der Waals surface area contributed by atoms with Gasteiger partial charge >= 0.3 is 0 Å². The number of nitrogens with one attached hydrogen (secondary N) is 1. The molecule has 0 bridgehead atoms. The topological polar surface area (TPSA) is 64.0 Å². The molecule has 5 nitrogen and oxygen atoms in total. The van der Waals surface area contributed by atoms with Crippen LogP contribution < -0.4 is 10.9 Å². The van der Waals surface area contributed by atoms with Gasteiger partial charge in [-0.1, -0.05) is 12.1 Å². The highest BCUT2D eigenvalue weighted by atomic mass is 16.2. The molecule has 0 fully saturated rings. The average Bonchev–Trinajstić information content (AvgIpc) is 2.50. The van der Waals surface area contributed by atoms with Gasteiger partial charge < -0.3 is 9.88 Å². The molecule has 0 spiro atoms. The first kappa shape index (κ1) is 13.1. The molecular weight excluding hydrogens is 266 g/mol. The van der Waals surface area contributed by atoms with Gasteiger partial charge in [0, 0.05) is 42.7 Å². The summed E-state index contributed by atoms with van der Waals surface area (Å²) in [4.78, 5) is 27.9. The van der Waals surface area contributed by atoms with Gasteiger partial charge in [0.05, 0.1) is 5.69 Å². The van der Waals surface area contributed by atoms with E-state index in [0.29, 0.717) is 11.3 Å². The third-order valence-corrected chi connectivity index (χ3v) is 3.30. The molecule has 1 aromatic carbocycles. The molecular formula is C16H13N3O2. The molecule has 0 atom stereocenters. The molecule has 3 rings (SSSR count). The first-order valence-electron chi connectivity index (χ1n) is 6.46. The number of hydrogen-bond acceptors (Lipinski definition) is 3. The maximum absolute atomic E-state index is 12.2. The van der Waals surface area contributed by atoms with Crippen molar-refractivity contribution in [2.75, 3.05) is 5.32 Å². The minimum absolute atomic E-state index is 0.220. The van der Waals surface area contributed by atoms with E-state index in [1.54, 1.807) is 31.7 Å². The van der Waals surface area contributed by atoms with Crippen LogP contribution in [0.3, 0.4) is 0 Å². The summed E-state index contributed by atoms with van der Waals surface area (Å²) in [6.45, 7) is 0. The van der Waals surface area contributed by atoms with Crippen molar-refractivity contribution < 1.29 is 4.79 Å². The first-order chi connectivity index (χ1) is 10.1. The Bertz CT molecular complexity index is 879. The summed E-state index contributed by atoms with van der Waals surface area (Å²) in [5.41, 5.74) is 0.785. The standard InChI is InChI=1S/C16H13N3O2/c1-19-8-6-12(9-15(19)20)16(21)18-14-4-2-3-11-5-7-17-10-13(11)14/h2-10H,1H3,(H,18,21). The van der Waals surface area contributed by atoms with Gasteiger partial charge in [-0.05, 0) is 23.6 Å². The van der Waals surface area contributed by atoms with Gasteiger partial charge in [0.15, 0.2) is 0 Å². The zero-order chi connectivity index (χ0) is 14.8. The zero-order valence-corrected chi connectivity index (χ0v) is 11.4. The van der Waals surface area contributed by atoms with Crippen molar-refractivity contribution in [1.82, 2.24) is 9.55 Å². The Balaban J connectivity index is 1.96. The van der Waals surface area contributed by atoms with Crippen molar-refractivity contribution in [2.45, 2.75) is 0 Å². The van der Waals surface area contributed by atoms with Crippen molar-refractivity contribution in [1.29, 1.82) is 0 Å². The van der Waals surface area contributed by atoms with Gasteiger partial charge in [-0.25, -0.2) is 0 Å². The van der Waals surface area contributed by atoms with Crippen LogP contribution in [0.25, 0.3) is 10.8 Å². The number of fused-ring (bicyclic) bond motifs is 1. The number of nitrogens with zero attached hydrogens (tertiary/aromatic N) is 2. The van der Waals surface area contributed by atoms with E-state index in [9.17, 15) is 9.59 Å². The lowest BCUT2D eigenvalue weighted by atomic mass is 10.1. The minimum Gasteiger partial charge on any atom is -0.321 e. The number of aromatic nitrogens is 2. The minimum atomic E-state index is -0.316. The second kappa shape index (κ2) is 5.20. The SMILES string of the molecule is Cn1ccc(C(=O)Nc2cccc3ccncc23)cc1=O. The molecule has 0 unspecified atom stereocenters. The monoisotopic (exact) mass is 279 g/mol. The molecule has 0 saturated heterocycles. The molecule has 0 saturated carbocycles. The fourth-order valence-corrected chi connectivity index (χ4v) is 2.11. The van der Waals surface area contributed by atoms with E-state index in [1.165, 1.54) is 10.6 Å². The maximum Gasteiger partial charge on any atom is 0.255 e. The number of anilines is 1. The normalized spacial score (nSPS) is 10.5. The van der Waals surface area contributed by atoms with Gasteiger partial charge in [-0.3, -0.25) is 14.6 Å². The molecule has 104 valence electrons. The molecule has 1 N–H and O–H groups in total. The van der Waals surface area contributed by atoms with E-state index in [2.05, 4.69) is 10.3 Å². The number of benzene rings is 1. The number of aryl methyl sites for hydroxylation is 1. The smallest absolute Gasteiger partial charge is 0.255 e. The third kappa shape index (κ3) is 2.53. The molecule has 3 aromatic rings. The molecule has 2 heterocycles. The molecule has 0 radical (unpaired) electrons. The van der Waals surface area contributed by atoms with Crippen molar-refractivity contribution >= 4 is 22.4 Å². The average molecular weight is 279 g/mol. The van der Waals surface area contributed by atoms with Crippen LogP contribution in [0.4, 0.5) is 5.69 Å². The molecule has 5 heteroatoms. The summed E-state index contributed by atoms with van der Waals surface area (Å²) >= 11 is 0. The Morgan fingerprint density at radius 1 is 1.24 bits per heavy atom. The summed E-state index contributed by atoms with van der Waals surface area (Å²) in [6, 6.07) is 10.4. The van der Waals surface area contributed by atoms with Crippen molar-refractivity contribution in [3.05, 3.63) is 70.9 Å². The van der Waals surface area contributed by atoms with E-state index in [-0.39, 0.29) is 11.5 Å². The van der Waals surface area contributed by atoms with E-state index in [0.717, 1.165) is 10.8 Å². The number of carbonyl (C=O) groups excluding carboxylic acids is 1. The fourth-order valence-electron chi connectivity index (χ4n) is 2.11. The number of hydrogen-bond donors (Lipinski definition) is 1. The highest BCUT2D eigenvalue weighted by Crippen LogP contribution is 2.22. The second-order valence-corrected chi connectivity index (χ2v) is 4.72. The second-order valence-electron chi connectivity index (χ2n) is 4.72. The largest absolute Gasteiger partial charge is 0.321 e. The zero-order valence-electron chi connectivity index (χ0n) is 11.4. The molecule has 21 heavy (non-hydrogen) atoms. The Morgan fingerprint density at radius 2 is 2.10 bits per heavy atom. The van der Waals surface area contributed by atoms with Gasteiger partial charge in [-0.15, -0.1) is 0 Å². The summed E-state index contributed by atoms with van der Waals surface area (Å²) in [5.74, 6) is -0.316. The van der Waals surface area contributed by atoms with Crippen LogP contribution in [0.2, 0.25) is 0 Å². The summed E-state index contributed by atoms with van der Waals surface area (Å²) in [5, 5.41) is 4.67. The number of rotatable bonds is 2. The summed E-state index contributed by atoms with van der Waals surface area (Å²) in [7, 11) is 1.64.